The van der Waals surface area contributed by atoms with Gasteiger partial charge in [0.05, 0.1) is 28.8 Å². The van der Waals surface area contributed by atoms with E-state index >= 15 is 0 Å². The molecule has 1 N–H and O–H groups in total. The number of hydrogen-bond donors (Lipinski definition) is 1. The average molecular weight is 280 g/mol. The molecule has 0 aliphatic heterocycles. The van der Waals surface area contributed by atoms with Crippen LogP contribution in [0.25, 0.3) is 11.0 Å². The van der Waals surface area contributed by atoms with Gasteiger partial charge in [-0.05, 0) is 42.9 Å². The molecule has 3 rings (SSSR count). The SMILES string of the molecule is Cc1cccnc1Cn1c(=S)[nH]c2c(C#N)cccc21. The van der Waals surface area contributed by atoms with Crippen LogP contribution >= 0.6 is 12.2 Å². The molecular formula is C15H12N4S. The zero-order chi connectivity index (χ0) is 14.1. The maximum atomic E-state index is 9.14. The summed E-state index contributed by atoms with van der Waals surface area (Å²) in [6.07, 6.45) is 1.78. The maximum absolute atomic E-state index is 9.14. The highest BCUT2D eigenvalue weighted by atomic mass is 32.1. The Balaban J connectivity index is 2.18. The summed E-state index contributed by atoms with van der Waals surface area (Å²) in [7, 11) is 0. The van der Waals surface area contributed by atoms with Crippen molar-refractivity contribution in [3.05, 3.63) is 58.1 Å². The van der Waals surface area contributed by atoms with E-state index in [2.05, 4.69) is 16.0 Å². The van der Waals surface area contributed by atoms with Crippen LogP contribution in [0.1, 0.15) is 16.8 Å². The molecular weight excluding hydrogens is 268 g/mol. The Labute approximate surface area is 121 Å². The first-order chi connectivity index (χ1) is 9.70. The topological polar surface area (TPSA) is 57.4 Å². The highest BCUT2D eigenvalue weighted by molar-refractivity contribution is 7.71. The van der Waals surface area contributed by atoms with Crippen LogP contribution in [0.4, 0.5) is 0 Å². The van der Waals surface area contributed by atoms with Gasteiger partial charge in [-0.3, -0.25) is 4.98 Å². The summed E-state index contributed by atoms with van der Waals surface area (Å²) < 4.78 is 2.58. The van der Waals surface area contributed by atoms with Crippen molar-refractivity contribution in [1.29, 1.82) is 5.26 Å². The van der Waals surface area contributed by atoms with Crippen molar-refractivity contribution in [3.8, 4) is 6.07 Å². The number of H-pyrrole nitrogens is 1. The lowest BCUT2D eigenvalue weighted by atomic mass is 10.2. The number of rotatable bonds is 2. The number of fused-ring (bicyclic) bond motifs is 1. The standard InChI is InChI=1S/C15H12N4S/c1-10-4-3-7-17-12(10)9-19-13-6-2-5-11(8-16)14(13)18-15(19)20/h2-7H,9H2,1H3,(H,18,20). The number of nitrogens with one attached hydrogen (secondary N) is 1. The van der Waals surface area contributed by atoms with Gasteiger partial charge >= 0.3 is 0 Å². The van der Waals surface area contributed by atoms with E-state index in [1.807, 2.05) is 35.8 Å². The van der Waals surface area contributed by atoms with Crippen molar-refractivity contribution >= 4 is 23.3 Å². The molecule has 0 atom stereocenters. The van der Waals surface area contributed by atoms with Gasteiger partial charge in [-0.1, -0.05) is 12.1 Å². The third-order valence-corrected chi connectivity index (χ3v) is 3.68. The second-order valence-electron chi connectivity index (χ2n) is 4.59. The number of pyridine rings is 1. The van der Waals surface area contributed by atoms with Crippen molar-refractivity contribution in [2.45, 2.75) is 13.5 Å². The first-order valence-corrected chi connectivity index (χ1v) is 6.63. The van der Waals surface area contributed by atoms with Crippen LogP contribution in [0.15, 0.2) is 36.5 Å². The van der Waals surface area contributed by atoms with Crippen LogP contribution in [0.3, 0.4) is 0 Å². The van der Waals surface area contributed by atoms with E-state index in [0.29, 0.717) is 16.9 Å². The molecule has 0 fully saturated rings. The fourth-order valence-corrected chi connectivity index (χ4v) is 2.53. The highest BCUT2D eigenvalue weighted by Gasteiger charge is 2.09. The van der Waals surface area contributed by atoms with Crippen LogP contribution in [0.5, 0.6) is 0 Å². The van der Waals surface area contributed by atoms with Crippen LogP contribution in [-0.2, 0) is 6.54 Å². The summed E-state index contributed by atoms with van der Waals surface area (Å²) in [5.41, 5.74) is 4.42. The smallest absolute Gasteiger partial charge is 0.178 e. The molecule has 5 heteroatoms. The fourth-order valence-electron chi connectivity index (χ4n) is 2.26. The van der Waals surface area contributed by atoms with Gasteiger partial charge in [0.25, 0.3) is 0 Å². The second kappa shape index (κ2) is 4.91. The summed E-state index contributed by atoms with van der Waals surface area (Å²) in [5.74, 6) is 0. The monoisotopic (exact) mass is 280 g/mol. The molecule has 0 radical (unpaired) electrons. The van der Waals surface area contributed by atoms with Crippen molar-refractivity contribution in [3.63, 3.8) is 0 Å². The number of aromatic nitrogens is 3. The zero-order valence-corrected chi connectivity index (χ0v) is 11.7. The summed E-state index contributed by atoms with van der Waals surface area (Å²) in [6.45, 7) is 2.63. The van der Waals surface area contributed by atoms with Gasteiger partial charge in [-0.25, -0.2) is 0 Å². The number of nitriles is 1. The van der Waals surface area contributed by atoms with Crippen molar-refractivity contribution in [1.82, 2.24) is 14.5 Å². The van der Waals surface area contributed by atoms with Gasteiger partial charge < -0.3 is 9.55 Å². The van der Waals surface area contributed by atoms with Gasteiger partial charge in [0.2, 0.25) is 0 Å². The maximum Gasteiger partial charge on any atom is 0.178 e. The molecule has 2 aromatic heterocycles. The quantitative estimate of drug-likeness (QED) is 0.733. The summed E-state index contributed by atoms with van der Waals surface area (Å²) >= 11 is 5.37. The minimum Gasteiger partial charge on any atom is -0.329 e. The van der Waals surface area contributed by atoms with Gasteiger partial charge in [0.1, 0.15) is 6.07 Å². The van der Waals surface area contributed by atoms with Gasteiger partial charge in [0.15, 0.2) is 4.77 Å². The first-order valence-electron chi connectivity index (χ1n) is 6.23. The average Bonchev–Trinajstić information content (AvgIpc) is 2.77. The van der Waals surface area contributed by atoms with Gasteiger partial charge in [0, 0.05) is 6.20 Å². The van der Waals surface area contributed by atoms with Crippen LogP contribution in [0.2, 0.25) is 0 Å². The molecule has 0 aliphatic rings. The third kappa shape index (κ3) is 2.00. The van der Waals surface area contributed by atoms with Crippen LogP contribution in [-0.4, -0.2) is 14.5 Å². The first kappa shape index (κ1) is 12.6. The predicted molar refractivity (Wildman–Crippen MR) is 79.9 cm³/mol. The van der Waals surface area contributed by atoms with E-state index in [9.17, 15) is 0 Å². The molecule has 0 spiro atoms. The molecule has 2 heterocycles. The summed E-state index contributed by atoms with van der Waals surface area (Å²) in [6, 6.07) is 11.7. The van der Waals surface area contributed by atoms with E-state index in [1.54, 1.807) is 12.3 Å². The molecule has 0 saturated heterocycles. The Hall–Kier alpha value is -2.45. The van der Waals surface area contributed by atoms with Gasteiger partial charge in [-0.15, -0.1) is 0 Å². The Bertz CT molecular complexity index is 883. The van der Waals surface area contributed by atoms with E-state index in [1.165, 1.54) is 0 Å². The normalized spacial score (nSPS) is 10.6. The number of hydrogen-bond acceptors (Lipinski definition) is 3. The highest BCUT2D eigenvalue weighted by Crippen LogP contribution is 2.19. The lowest BCUT2D eigenvalue weighted by molar-refractivity contribution is 0.778. The molecule has 98 valence electrons. The van der Waals surface area contributed by atoms with Gasteiger partial charge in [-0.2, -0.15) is 5.26 Å². The van der Waals surface area contributed by atoms with E-state index < -0.39 is 0 Å². The minimum absolute atomic E-state index is 0.598. The number of para-hydroxylation sites is 1. The number of nitrogens with zero attached hydrogens (tertiary/aromatic N) is 3. The van der Waals surface area contributed by atoms with Crippen molar-refractivity contribution in [2.24, 2.45) is 0 Å². The minimum atomic E-state index is 0.598. The van der Waals surface area contributed by atoms with Crippen LogP contribution in [0, 0.1) is 23.0 Å². The molecule has 1 aromatic carbocycles. The van der Waals surface area contributed by atoms with Crippen molar-refractivity contribution in [2.75, 3.05) is 0 Å². The largest absolute Gasteiger partial charge is 0.329 e. The number of aryl methyl sites for hydroxylation is 1. The lowest BCUT2D eigenvalue weighted by Gasteiger charge is -2.06. The van der Waals surface area contributed by atoms with Crippen LogP contribution < -0.4 is 0 Å². The molecule has 4 nitrogen and oxygen atoms in total. The molecule has 0 saturated carbocycles. The molecule has 0 bridgehead atoms. The summed E-state index contributed by atoms with van der Waals surface area (Å²) in [4.78, 5) is 7.51. The lowest BCUT2D eigenvalue weighted by Crippen LogP contribution is -2.03. The second-order valence-corrected chi connectivity index (χ2v) is 4.98. The zero-order valence-electron chi connectivity index (χ0n) is 10.9. The number of benzene rings is 1. The molecule has 3 aromatic rings. The number of aromatic amines is 1. The van der Waals surface area contributed by atoms with E-state index in [4.69, 9.17) is 17.5 Å². The Morgan fingerprint density at radius 1 is 1.35 bits per heavy atom. The Kier molecular flexibility index (Phi) is 3.09. The fraction of sp³-hybridized carbons (Fsp3) is 0.133. The molecule has 0 amide bonds. The molecule has 0 unspecified atom stereocenters. The van der Waals surface area contributed by atoms with Crippen molar-refractivity contribution < 1.29 is 0 Å². The molecule has 0 aliphatic carbocycles. The Morgan fingerprint density at radius 3 is 2.95 bits per heavy atom. The predicted octanol–water partition coefficient (Wildman–Crippen LogP) is 3.32. The third-order valence-electron chi connectivity index (χ3n) is 3.36. The number of imidazole rings is 1. The molecule has 20 heavy (non-hydrogen) atoms. The Morgan fingerprint density at radius 2 is 2.20 bits per heavy atom. The summed E-state index contributed by atoms with van der Waals surface area (Å²) in [5, 5.41) is 9.14. The van der Waals surface area contributed by atoms with E-state index in [-0.39, 0.29) is 0 Å². The van der Waals surface area contributed by atoms with E-state index in [0.717, 1.165) is 22.3 Å².